The van der Waals surface area contributed by atoms with Gasteiger partial charge in [-0.25, -0.2) is 0 Å². The van der Waals surface area contributed by atoms with Crippen molar-refractivity contribution in [3.63, 3.8) is 0 Å². The van der Waals surface area contributed by atoms with Crippen LogP contribution < -0.4 is 5.32 Å². The first-order valence-corrected chi connectivity index (χ1v) is 6.14. The van der Waals surface area contributed by atoms with Gasteiger partial charge in [-0.2, -0.15) is 11.3 Å². The van der Waals surface area contributed by atoms with Crippen molar-refractivity contribution in [1.82, 2.24) is 0 Å². The quantitative estimate of drug-likeness (QED) is 0.829. The van der Waals surface area contributed by atoms with Gasteiger partial charge in [0.05, 0.1) is 6.10 Å². The molecule has 1 N–H and O–H groups in total. The Labute approximate surface area is 89.3 Å². The van der Waals surface area contributed by atoms with Gasteiger partial charge in [-0.15, -0.1) is 0 Å². The minimum atomic E-state index is 0.458. The summed E-state index contributed by atoms with van der Waals surface area (Å²) in [5, 5.41) is 7.83. The van der Waals surface area contributed by atoms with Gasteiger partial charge in [-0.3, -0.25) is 0 Å². The Morgan fingerprint density at radius 1 is 1.50 bits per heavy atom. The molecule has 0 saturated heterocycles. The van der Waals surface area contributed by atoms with Crippen molar-refractivity contribution >= 4 is 17.0 Å². The molecule has 14 heavy (non-hydrogen) atoms. The van der Waals surface area contributed by atoms with Gasteiger partial charge in [0.15, 0.2) is 0 Å². The number of methoxy groups -OCH3 is 1. The van der Waals surface area contributed by atoms with Crippen molar-refractivity contribution in [2.45, 2.75) is 37.8 Å². The highest BCUT2D eigenvalue weighted by Crippen LogP contribution is 2.24. The number of ether oxygens (including phenoxy) is 1. The van der Waals surface area contributed by atoms with Crippen molar-refractivity contribution in [2.24, 2.45) is 0 Å². The third-order valence-corrected chi connectivity index (χ3v) is 3.53. The van der Waals surface area contributed by atoms with Crippen LogP contribution in [0.5, 0.6) is 0 Å². The molecule has 1 aliphatic rings. The minimum Gasteiger partial charge on any atom is -0.382 e. The molecule has 0 spiro atoms. The van der Waals surface area contributed by atoms with Crippen molar-refractivity contribution in [1.29, 1.82) is 0 Å². The van der Waals surface area contributed by atoms with E-state index in [9.17, 15) is 0 Å². The molecule has 2 nitrogen and oxygen atoms in total. The maximum Gasteiger partial charge on any atom is 0.0590 e. The van der Waals surface area contributed by atoms with Gasteiger partial charge in [-0.05, 0) is 37.1 Å². The van der Waals surface area contributed by atoms with Crippen LogP contribution in [0.15, 0.2) is 16.8 Å². The Hall–Kier alpha value is -0.540. The summed E-state index contributed by atoms with van der Waals surface area (Å²) in [6, 6.07) is 2.74. The molecular formula is C11H17NOS. The fourth-order valence-electron chi connectivity index (χ4n) is 2.07. The van der Waals surface area contributed by atoms with Crippen molar-refractivity contribution in [3.05, 3.63) is 16.8 Å². The van der Waals surface area contributed by atoms with Crippen LogP contribution in [-0.2, 0) is 4.74 Å². The van der Waals surface area contributed by atoms with Gasteiger partial charge in [0.1, 0.15) is 0 Å². The lowest BCUT2D eigenvalue weighted by molar-refractivity contribution is 0.0669. The first-order chi connectivity index (χ1) is 6.88. The van der Waals surface area contributed by atoms with Crippen LogP contribution in [-0.4, -0.2) is 19.3 Å². The molecule has 0 aromatic carbocycles. The summed E-state index contributed by atoms with van der Waals surface area (Å²) >= 11 is 1.74. The second-order valence-corrected chi connectivity index (χ2v) is 4.66. The number of anilines is 1. The topological polar surface area (TPSA) is 21.3 Å². The van der Waals surface area contributed by atoms with Gasteiger partial charge in [-0.1, -0.05) is 0 Å². The predicted octanol–water partition coefficient (Wildman–Crippen LogP) is 3.12. The highest BCUT2D eigenvalue weighted by Gasteiger charge is 2.21. The summed E-state index contributed by atoms with van der Waals surface area (Å²) in [7, 11) is 1.82. The Balaban J connectivity index is 1.86. The van der Waals surface area contributed by atoms with Gasteiger partial charge in [0, 0.05) is 24.2 Å². The first-order valence-electron chi connectivity index (χ1n) is 5.20. The van der Waals surface area contributed by atoms with Gasteiger partial charge in [0.2, 0.25) is 0 Å². The molecule has 2 rings (SSSR count). The average molecular weight is 211 g/mol. The number of hydrogen-bond donors (Lipinski definition) is 1. The second-order valence-electron chi connectivity index (χ2n) is 3.88. The van der Waals surface area contributed by atoms with E-state index in [0.29, 0.717) is 12.1 Å². The molecule has 1 fully saturated rings. The summed E-state index contributed by atoms with van der Waals surface area (Å²) in [5.74, 6) is 0. The van der Waals surface area contributed by atoms with E-state index >= 15 is 0 Å². The Bertz CT molecular complexity index is 260. The molecular weight excluding hydrogens is 194 g/mol. The molecule has 2 atom stereocenters. The monoisotopic (exact) mass is 211 g/mol. The molecule has 0 amide bonds. The van der Waals surface area contributed by atoms with Gasteiger partial charge >= 0.3 is 0 Å². The average Bonchev–Trinajstić information content (AvgIpc) is 2.71. The summed E-state index contributed by atoms with van der Waals surface area (Å²) in [6.45, 7) is 0. The van der Waals surface area contributed by atoms with E-state index in [1.807, 2.05) is 7.11 Å². The number of thiophene rings is 1. The third-order valence-electron chi connectivity index (χ3n) is 2.85. The largest absolute Gasteiger partial charge is 0.382 e. The highest BCUT2D eigenvalue weighted by atomic mass is 32.1. The summed E-state index contributed by atoms with van der Waals surface area (Å²) in [5.41, 5.74) is 1.26. The normalized spacial score (nSPS) is 27.5. The number of rotatable bonds is 3. The minimum absolute atomic E-state index is 0.458. The van der Waals surface area contributed by atoms with Crippen molar-refractivity contribution in [2.75, 3.05) is 12.4 Å². The maximum atomic E-state index is 5.40. The van der Waals surface area contributed by atoms with Crippen molar-refractivity contribution < 1.29 is 4.74 Å². The van der Waals surface area contributed by atoms with E-state index in [1.165, 1.54) is 24.9 Å². The molecule has 1 aromatic heterocycles. The molecule has 1 heterocycles. The molecule has 78 valence electrons. The number of hydrogen-bond acceptors (Lipinski definition) is 3. The lowest BCUT2D eigenvalue weighted by atomic mass is 9.93. The molecule has 1 aromatic rings. The molecule has 0 aliphatic heterocycles. The smallest absolute Gasteiger partial charge is 0.0590 e. The highest BCUT2D eigenvalue weighted by molar-refractivity contribution is 7.08. The van der Waals surface area contributed by atoms with Crippen molar-refractivity contribution in [3.8, 4) is 0 Å². The van der Waals surface area contributed by atoms with Crippen LogP contribution in [0.3, 0.4) is 0 Å². The van der Waals surface area contributed by atoms with E-state index < -0.39 is 0 Å². The fourth-order valence-corrected chi connectivity index (χ4v) is 2.67. The Morgan fingerprint density at radius 2 is 2.43 bits per heavy atom. The molecule has 0 radical (unpaired) electrons. The standard InChI is InChI=1S/C11H17NOS/c1-13-11-4-2-3-9(7-11)12-10-5-6-14-8-10/h5-6,8-9,11-12H,2-4,7H2,1H3. The van der Waals surface area contributed by atoms with Crippen LogP contribution in [0.4, 0.5) is 5.69 Å². The van der Waals surface area contributed by atoms with E-state index in [-0.39, 0.29) is 0 Å². The maximum absolute atomic E-state index is 5.40. The Kier molecular flexibility index (Phi) is 3.43. The Morgan fingerprint density at radius 3 is 3.14 bits per heavy atom. The zero-order valence-corrected chi connectivity index (χ0v) is 9.35. The lowest BCUT2D eigenvalue weighted by Crippen LogP contribution is -2.30. The molecule has 3 heteroatoms. The molecule has 0 bridgehead atoms. The van der Waals surface area contributed by atoms with Gasteiger partial charge < -0.3 is 10.1 Å². The van der Waals surface area contributed by atoms with E-state index in [2.05, 4.69) is 22.1 Å². The zero-order chi connectivity index (χ0) is 9.80. The SMILES string of the molecule is COC1CCCC(Nc2ccsc2)C1. The summed E-state index contributed by atoms with van der Waals surface area (Å²) < 4.78 is 5.40. The zero-order valence-electron chi connectivity index (χ0n) is 8.53. The second kappa shape index (κ2) is 4.80. The summed E-state index contributed by atoms with van der Waals surface area (Å²) in [4.78, 5) is 0. The summed E-state index contributed by atoms with van der Waals surface area (Å²) in [6.07, 6.45) is 5.38. The van der Waals surface area contributed by atoms with E-state index in [4.69, 9.17) is 4.74 Å². The predicted molar refractivity (Wildman–Crippen MR) is 61.0 cm³/mol. The molecule has 1 aliphatic carbocycles. The van der Waals surface area contributed by atoms with Crippen LogP contribution in [0, 0.1) is 0 Å². The van der Waals surface area contributed by atoms with Crippen LogP contribution in [0.1, 0.15) is 25.7 Å². The first kappa shape index (κ1) is 9.99. The van der Waals surface area contributed by atoms with E-state index in [0.717, 1.165) is 6.42 Å². The fraction of sp³-hybridized carbons (Fsp3) is 0.636. The van der Waals surface area contributed by atoms with Crippen LogP contribution in [0.25, 0.3) is 0 Å². The lowest BCUT2D eigenvalue weighted by Gasteiger charge is -2.29. The third kappa shape index (κ3) is 2.49. The van der Waals surface area contributed by atoms with Crippen LogP contribution in [0.2, 0.25) is 0 Å². The molecule has 1 saturated carbocycles. The van der Waals surface area contributed by atoms with Gasteiger partial charge in [0.25, 0.3) is 0 Å². The number of nitrogens with one attached hydrogen (secondary N) is 1. The van der Waals surface area contributed by atoms with Crippen LogP contribution >= 0.6 is 11.3 Å². The molecule has 2 unspecified atom stereocenters. The van der Waals surface area contributed by atoms with E-state index in [1.54, 1.807) is 11.3 Å².